The van der Waals surface area contributed by atoms with E-state index in [1.54, 1.807) is 0 Å². The van der Waals surface area contributed by atoms with Gasteiger partial charge in [-0.15, -0.1) is 0 Å². The maximum atomic E-state index is 10.0. The number of aliphatic hydroxyl groups excluding tert-OH is 5. The van der Waals surface area contributed by atoms with Crippen LogP contribution in [0.3, 0.4) is 0 Å². The van der Waals surface area contributed by atoms with Gasteiger partial charge in [0.25, 0.3) is 0 Å². The smallest absolute Gasteiger partial charge is 0.155 e. The topological polar surface area (TPSA) is 145 Å². The van der Waals surface area contributed by atoms with Crippen molar-refractivity contribution in [1.29, 1.82) is 0 Å². The van der Waals surface area contributed by atoms with Crippen molar-refractivity contribution in [2.24, 2.45) is 0 Å². The molecule has 9 heteroatoms. The first-order chi connectivity index (χ1) is 12.1. The van der Waals surface area contributed by atoms with E-state index >= 15 is 0 Å². The zero-order valence-electron chi connectivity index (χ0n) is 17.1. The number of allylic oxidation sites excluding steroid dienone is 4. The van der Waals surface area contributed by atoms with E-state index in [2.05, 4.69) is 11.7 Å². The van der Waals surface area contributed by atoms with Crippen LogP contribution in [0.5, 0.6) is 0 Å². The van der Waals surface area contributed by atoms with Crippen molar-refractivity contribution in [2.75, 3.05) is 33.0 Å². The molecule has 0 unspecified atom stereocenters. The molecular weight excluding hydrogens is 523 g/mol. The molecule has 0 aliphatic heterocycles. The summed E-state index contributed by atoms with van der Waals surface area (Å²) < 4.78 is 4.63. The number of carbonyl (C=O) groups is 2. The quantitative estimate of drug-likeness (QED) is 0.131. The number of hydrogen-bond donors (Lipinski definition) is 5. The molecule has 0 aliphatic carbocycles. The maximum Gasteiger partial charge on any atom is 0.155 e. The Hall–Kier alpha value is -0.870. The Morgan fingerprint density at radius 3 is 1.19 bits per heavy atom. The Balaban J connectivity index is -0.0000000793. The van der Waals surface area contributed by atoms with E-state index in [1.165, 1.54) is 39.8 Å². The van der Waals surface area contributed by atoms with E-state index in [0.29, 0.717) is 19.8 Å². The summed E-state index contributed by atoms with van der Waals surface area (Å²) in [6.45, 7) is 8.79. The summed E-state index contributed by atoms with van der Waals surface area (Å²) in [4.78, 5) is 20.0. The van der Waals surface area contributed by atoms with Crippen molar-refractivity contribution < 1.29 is 65.7 Å². The van der Waals surface area contributed by atoms with Gasteiger partial charge >= 0.3 is 0 Å². The van der Waals surface area contributed by atoms with Crippen molar-refractivity contribution in [3.8, 4) is 0 Å². The number of unbranched alkanes of at least 4 members (excludes halogenated alkanes) is 1. The van der Waals surface area contributed by atoms with Gasteiger partial charge in [0.1, 0.15) is 0 Å². The van der Waals surface area contributed by atoms with Gasteiger partial charge in [-0.05, 0) is 34.1 Å². The average Bonchev–Trinajstić information content (AvgIpc) is 2.47. The van der Waals surface area contributed by atoms with Crippen LogP contribution < -0.4 is 0 Å². The molecule has 0 radical (unpaired) electrons. The van der Waals surface area contributed by atoms with Gasteiger partial charge in [-0.3, -0.25) is 9.59 Å². The molecular formula is C18H36HfO8. The first-order valence-electron chi connectivity index (χ1n) is 8.24. The van der Waals surface area contributed by atoms with Crippen molar-refractivity contribution >= 4 is 11.6 Å². The Kier molecular flexibility index (Phi) is 44.9. The van der Waals surface area contributed by atoms with Gasteiger partial charge in [0.2, 0.25) is 0 Å². The minimum Gasteiger partial charge on any atom is -0.512 e. The molecule has 0 spiro atoms. The molecule has 0 heterocycles. The van der Waals surface area contributed by atoms with Crippen LogP contribution >= 0.6 is 0 Å². The largest absolute Gasteiger partial charge is 0.512 e. The number of carbonyl (C=O) groups excluding carboxylic acids is 2. The number of ether oxygens (including phenoxy) is 1. The van der Waals surface area contributed by atoms with Crippen LogP contribution in [0.15, 0.2) is 23.7 Å². The second-order valence-corrected chi connectivity index (χ2v) is 4.93. The molecule has 0 saturated heterocycles. The molecule has 0 aromatic carbocycles. The fourth-order valence-corrected chi connectivity index (χ4v) is 0.978. The molecule has 0 atom stereocenters. The molecule has 27 heavy (non-hydrogen) atoms. The first kappa shape index (κ1) is 37.0. The molecule has 8 nitrogen and oxygen atoms in total. The predicted octanol–water partition coefficient (Wildman–Crippen LogP) is 1.84. The van der Waals surface area contributed by atoms with Crippen LogP contribution in [-0.2, 0) is 40.2 Å². The van der Waals surface area contributed by atoms with E-state index in [9.17, 15) is 9.59 Å². The van der Waals surface area contributed by atoms with Crippen molar-refractivity contribution in [3.63, 3.8) is 0 Å². The molecule has 0 aromatic heterocycles. The van der Waals surface area contributed by atoms with Gasteiger partial charge < -0.3 is 30.3 Å². The van der Waals surface area contributed by atoms with Gasteiger partial charge in [-0.25, -0.2) is 0 Å². The summed E-state index contributed by atoms with van der Waals surface area (Å²) in [5, 5.41) is 41.0. The van der Waals surface area contributed by atoms with Crippen LogP contribution in [-0.4, -0.2) is 70.1 Å². The summed E-state index contributed by atoms with van der Waals surface area (Å²) in [5.41, 5.74) is 0. The van der Waals surface area contributed by atoms with Gasteiger partial charge in [0, 0.05) is 44.6 Å². The van der Waals surface area contributed by atoms with Crippen LogP contribution in [0.2, 0.25) is 0 Å². The second kappa shape index (κ2) is 32.8. The Labute approximate surface area is 181 Å². The van der Waals surface area contributed by atoms with Crippen molar-refractivity contribution in [2.45, 2.75) is 47.5 Å². The molecule has 0 fully saturated rings. The summed E-state index contributed by atoms with van der Waals surface area (Å²) in [5.74, 6) is -0.125. The van der Waals surface area contributed by atoms with Crippen molar-refractivity contribution in [1.82, 2.24) is 0 Å². The zero-order chi connectivity index (χ0) is 21.4. The minimum absolute atomic E-state index is 0. The predicted molar refractivity (Wildman–Crippen MR) is 101 cm³/mol. The summed E-state index contributed by atoms with van der Waals surface area (Å²) >= 11 is 0. The third-order valence-electron chi connectivity index (χ3n) is 1.81. The molecule has 0 aliphatic rings. The van der Waals surface area contributed by atoms with E-state index in [-0.39, 0.29) is 62.1 Å². The summed E-state index contributed by atoms with van der Waals surface area (Å²) in [7, 11) is 0. The second-order valence-electron chi connectivity index (χ2n) is 4.93. The van der Waals surface area contributed by atoms with Crippen LogP contribution in [0.1, 0.15) is 47.5 Å². The summed E-state index contributed by atoms with van der Waals surface area (Å²) in [6.07, 6.45) is 4.37. The number of ketones is 2. The molecule has 160 valence electrons. The molecule has 0 saturated carbocycles. The number of hydrogen-bond acceptors (Lipinski definition) is 8. The Morgan fingerprint density at radius 2 is 1.11 bits per heavy atom. The standard InChI is InChI=1S/2C5H8O2.C4H10O3.C4H10O.Hf/c2*1-4(6)3-5(2)7;5-1-3-7-4-2-6;1-2-3-4-5;/h2*3,6H,1-2H3;5-6H,1-4H2;5H,2-4H2,1H3;. The molecule has 0 aromatic rings. The van der Waals surface area contributed by atoms with Crippen LogP contribution in [0.25, 0.3) is 0 Å². The normalized spacial score (nSPS) is 9.93. The van der Waals surface area contributed by atoms with Gasteiger partial charge in [0.05, 0.1) is 37.9 Å². The third-order valence-corrected chi connectivity index (χ3v) is 1.81. The average molecular weight is 559 g/mol. The van der Waals surface area contributed by atoms with Crippen LogP contribution in [0.4, 0.5) is 0 Å². The van der Waals surface area contributed by atoms with Gasteiger partial charge in [0.15, 0.2) is 11.6 Å². The van der Waals surface area contributed by atoms with Crippen molar-refractivity contribution in [3.05, 3.63) is 23.7 Å². The van der Waals surface area contributed by atoms with E-state index in [0.717, 1.165) is 12.8 Å². The molecule has 5 N–H and O–H groups in total. The van der Waals surface area contributed by atoms with Gasteiger partial charge in [-0.1, -0.05) is 13.3 Å². The SMILES string of the molecule is CC(=O)C=C(C)O.CC(=O)C=C(C)O.CCCCO.OCCOCCO.[Hf]. The Morgan fingerprint density at radius 1 is 0.778 bits per heavy atom. The third kappa shape index (κ3) is 78.0. The van der Waals surface area contributed by atoms with E-state index < -0.39 is 0 Å². The number of aliphatic hydroxyl groups is 5. The van der Waals surface area contributed by atoms with E-state index in [4.69, 9.17) is 25.5 Å². The van der Waals surface area contributed by atoms with E-state index in [1.807, 2.05) is 0 Å². The maximum absolute atomic E-state index is 10.0. The first-order valence-corrected chi connectivity index (χ1v) is 8.24. The fraction of sp³-hybridized carbons (Fsp3) is 0.667. The van der Waals surface area contributed by atoms with Gasteiger partial charge in [-0.2, -0.15) is 0 Å². The molecule has 0 rings (SSSR count). The zero-order valence-corrected chi connectivity index (χ0v) is 20.7. The number of rotatable bonds is 8. The molecule has 0 bridgehead atoms. The minimum atomic E-state index is -0.125. The molecule has 0 amide bonds. The van der Waals surface area contributed by atoms with Crippen LogP contribution in [0, 0.1) is 0 Å². The monoisotopic (exact) mass is 560 g/mol. The summed E-state index contributed by atoms with van der Waals surface area (Å²) in [6, 6.07) is 0. The Bertz CT molecular complexity index is 340. The fourth-order valence-electron chi connectivity index (χ4n) is 0.978.